The lowest BCUT2D eigenvalue weighted by Crippen LogP contribution is -2.23. The van der Waals surface area contributed by atoms with Gasteiger partial charge in [-0.1, -0.05) is 24.3 Å². The summed E-state index contributed by atoms with van der Waals surface area (Å²) in [6, 6.07) is 23.4. The average Bonchev–Trinajstić information content (AvgIpc) is 3.21. The van der Waals surface area contributed by atoms with E-state index in [0.717, 1.165) is 22.3 Å². The summed E-state index contributed by atoms with van der Waals surface area (Å²) in [6.07, 6.45) is 3.95. The van der Waals surface area contributed by atoms with Gasteiger partial charge in [0, 0.05) is 29.0 Å². The number of para-hydroxylation sites is 1. The zero-order chi connectivity index (χ0) is 17.1. The standard InChI is InChI=1S/C21H17N3O/c25-21(17-8-11-19(12-9-17)24-13-3-4-14-24)22-15-18-10-7-16-5-1-2-6-20(16)23-18/h1-14H,15H2,(H,22,25). The molecule has 4 rings (SSSR count). The fourth-order valence-corrected chi connectivity index (χ4v) is 2.77. The van der Waals surface area contributed by atoms with Crippen molar-refractivity contribution in [3.8, 4) is 5.69 Å². The largest absolute Gasteiger partial charge is 0.346 e. The Hall–Kier alpha value is -3.40. The molecule has 4 heteroatoms. The van der Waals surface area contributed by atoms with E-state index in [-0.39, 0.29) is 5.91 Å². The van der Waals surface area contributed by atoms with Gasteiger partial charge in [-0.3, -0.25) is 9.78 Å². The first-order valence-corrected chi connectivity index (χ1v) is 8.16. The average molecular weight is 327 g/mol. The minimum atomic E-state index is -0.103. The van der Waals surface area contributed by atoms with Crippen LogP contribution in [0.2, 0.25) is 0 Å². The molecule has 2 heterocycles. The number of carbonyl (C=O) groups excluding carboxylic acids is 1. The number of amides is 1. The number of rotatable bonds is 4. The van der Waals surface area contributed by atoms with E-state index in [4.69, 9.17) is 0 Å². The summed E-state index contributed by atoms with van der Waals surface area (Å²) >= 11 is 0. The Kier molecular flexibility index (Phi) is 4.01. The van der Waals surface area contributed by atoms with Crippen LogP contribution in [-0.4, -0.2) is 15.5 Å². The minimum Gasteiger partial charge on any atom is -0.346 e. The summed E-state index contributed by atoms with van der Waals surface area (Å²) in [6.45, 7) is 0.406. The van der Waals surface area contributed by atoms with Crippen molar-refractivity contribution >= 4 is 16.8 Å². The maximum Gasteiger partial charge on any atom is 0.251 e. The lowest BCUT2D eigenvalue weighted by Gasteiger charge is -2.07. The number of pyridine rings is 1. The second-order valence-electron chi connectivity index (χ2n) is 5.82. The van der Waals surface area contributed by atoms with Crippen molar-refractivity contribution in [1.29, 1.82) is 0 Å². The molecule has 25 heavy (non-hydrogen) atoms. The Balaban J connectivity index is 1.44. The molecular formula is C21H17N3O. The van der Waals surface area contributed by atoms with Crippen LogP contribution in [-0.2, 0) is 6.54 Å². The van der Waals surface area contributed by atoms with Crippen molar-refractivity contribution in [3.05, 3.63) is 96.4 Å². The van der Waals surface area contributed by atoms with Gasteiger partial charge in [-0.05, 0) is 48.5 Å². The van der Waals surface area contributed by atoms with E-state index in [2.05, 4.69) is 10.3 Å². The second-order valence-corrected chi connectivity index (χ2v) is 5.82. The van der Waals surface area contributed by atoms with Crippen LogP contribution in [0.25, 0.3) is 16.6 Å². The Labute approximate surface area is 145 Å². The van der Waals surface area contributed by atoms with Crippen molar-refractivity contribution < 1.29 is 4.79 Å². The topological polar surface area (TPSA) is 46.9 Å². The molecule has 0 fully saturated rings. The lowest BCUT2D eigenvalue weighted by molar-refractivity contribution is 0.0950. The highest BCUT2D eigenvalue weighted by Crippen LogP contribution is 2.12. The quantitative estimate of drug-likeness (QED) is 0.617. The molecule has 0 saturated heterocycles. The van der Waals surface area contributed by atoms with Crippen LogP contribution in [0.3, 0.4) is 0 Å². The Morgan fingerprint density at radius 2 is 1.64 bits per heavy atom. The van der Waals surface area contributed by atoms with Crippen LogP contribution in [0.5, 0.6) is 0 Å². The van der Waals surface area contributed by atoms with Crippen LogP contribution < -0.4 is 5.32 Å². The van der Waals surface area contributed by atoms with Crippen LogP contribution in [0.15, 0.2) is 85.2 Å². The molecule has 0 unspecified atom stereocenters. The molecule has 0 radical (unpaired) electrons. The fourth-order valence-electron chi connectivity index (χ4n) is 2.77. The normalized spacial score (nSPS) is 10.7. The number of nitrogens with one attached hydrogen (secondary N) is 1. The number of benzene rings is 2. The van der Waals surface area contributed by atoms with Gasteiger partial charge in [0.25, 0.3) is 5.91 Å². The molecule has 1 N–H and O–H groups in total. The number of fused-ring (bicyclic) bond motifs is 1. The zero-order valence-corrected chi connectivity index (χ0v) is 13.6. The maximum atomic E-state index is 12.3. The Morgan fingerprint density at radius 3 is 2.44 bits per heavy atom. The molecule has 2 aromatic carbocycles. The number of hydrogen-bond acceptors (Lipinski definition) is 2. The fraction of sp³-hybridized carbons (Fsp3) is 0.0476. The summed E-state index contributed by atoms with van der Waals surface area (Å²) in [7, 11) is 0. The summed E-state index contributed by atoms with van der Waals surface area (Å²) in [4.78, 5) is 16.9. The number of nitrogens with zero attached hydrogens (tertiary/aromatic N) is 2. The first kappa shape index (κ1) is 15.1. The molecule has 0 aliphatic rings. The predicted molar refractivity (Wildman–Crippen MR) is 98.7 cm³/mol. The lowest BCUT2D eigenvalue weighted by atomic mass is 10.2. The first-order chi connectivity index (χ1) is 12.3. The molecule has 0 atom stereocenters. The molecular weight excluding hydrogens is 310 g/mol. The van der Waals surface area contributed by atoms with Gasteiger partial charge < -0.3 is 9.88 Å². The van der Waals surface area contributed by atoms with Crippen LogP contribution in [0.4, 0.5) is 0 Å². The van der Waals surface area contributed by atoms with Crippen LogP contribution >= 0.6 is 0 Å². The summed E-state index contributed by atoms with van der Waals surface area (Å²) < 4.78 is 2.00. The molecule has 1 amide bonds. The van der Waals surface area contributed by atoms with Gasteiger partial charge in [-0.15, -0.1) is 0 Å². The van der Waals surface area contributed by atoms with Crippen molar-refractivity contribution in [2.45, 2.75) is 6.54 Å². The van der Waals surface area contributed by atoms with E-state index >= 15 is 0 Å². The molecule has 2 aromatic heterocycles. The molecule has 4 nitrogen and oxygen atoms in total. The first-order valence-electron chi connectivity index (χ1n) is 8.16. The highest BCUT2D eigenvalue weighted by atomic mass is 16.1. The van der Waals surface area contributed by atoms with E-state index in [1.54, 1.807) is 0 Å². The second kappa shape index (κ2) is 6.61. The molecule has 0 aliphatic carbocycles. The van der Waals surface area contributed by atoms with E-state index < -0.39 is 0 Å². The summed E-state index contributed by atoms with van der Waals surface area (Å²) in [5.41, 5.74) is 3.44. The van der Waals surface area contributed by atoms with E-state index in [0.29, 0.717) is 12.1 Å². The molecule has 122 valence electrons. The van der Waals surface area contributed by atoms with E-state index in [9.17, 15) is 4.79 Å². The monoisotopic (exact) mass is 327 g/mol. The van der Waals surface area contributed by atoms with E-state index in [1.165, 1.54) is 0 Å². The van der Waals surface area contributed by atoms with Crippen LogP contribution in [0, 0.1) is 0 Å². The zero-order valence-electron chi connectivity index (χ0n) is 13.6. The van der Waals surface area contributed by atoms with Crippen molar-refractivity contribution in [1.82, 2.24) is 14.9 Å². The highest BCUT2D eigenvalue weighted by molar-refractivity contribution is 5.94. The van der Waals surface area contributed by atoms with Gasteiger partial charge in [0.15, 0.2) is 0 Å². The van der Waals surface area contributed by atoms with Gasteiger partial charge in [-0.25, -0.2) is 0 Å². The smallest absolute Gasteiger partial charge is 0.251 e. The molecule has 0 saturated carbocycles. The summed E-state index contributed by atoms with van der Waals surface area (Å²) in [5, 5.41) is 4.02. The Morgan fingerprint density at radius 1 is 0.880 bits per heavy atom. The maximum absolute atomic E-state index is 12.3. The minimum absolute atomic E-state index is 0.103. The third-order valence-corrected chi connectivity index (χ3v) is 4.12. The van der Waals surface area contributed by atoms with Crippen molar-refractivity contribution in [2.24, 2.45) is 0 Å². The molecule has 4 aromatic rings. The van der Waals surface area contributed by atoms with Crippen LogP contribution in [0.1, 0.15) is 16.1 Å². The third kappa shape index (κ3) is 3.28. The van der Waals surface area contributed by atoms with Gasteiger partial charge in [-0.2, -0.15) is 0 Å². The molecule has 0 spiro atoms. The predicted octanol–water partition coefficient (Wildman–Crippen LogP) is 3.96. The van der Waals surface area contributed by atoms with Gasteiger partial charge in [0.1, 0.15) is 0 Å². The number of carbonyl (C=O) groups is 1. The van der Waals surface area contributed by atoms with Crippen molar-refractivity contribution in [2.75, 3.05) is 0 Å². The third-order valence-electron chi connectivity index (χ3n) is 4.12. The van der Waals surface area contributed by atoms with E-state index in [1.807, 2.05) is 89.8 Å². The van der Waals surface area contributed by atoms with Gasteiger partial charge in [0.05, 0.1) is 17.8 Å². The van der Waals surface area contributed by atoms with Gasteiger partial charge in [0.2, 0.25) is 0 Å². The van der Waals surface area contributed by atoms with Crippen molar-refractivity contribution in [3.63, 3.8) is 0 Å². The highest BCUT2D eigenvalue weighted by Gasteiger charge is 2.06. The molecule has 0 aliphatic heterocycles. The Bertz CT molecular complexity index is 1000. The van der Waals surface area contributed by atoms with Gasteiger partial charge >= 0.3 is 0 Å². The summed E-state index contributed by atoms with van der Waals surface area (Å²) in [5.74, 6) is -0.103. The number of aromatic nitrogens is 2. The number of hydrogen-bond donors (Lipinski definition) is 1. The SMILES string of the molecule is O=C(NCc1ccc2ccccc2n1)c1ccc(-n2cccc2)cc1. The molecule has 0 bridgehead atoms.